The minimum Gasteiger partial charge on any atom is -0.403 e. The van der Waals surface area contributed by atoms with E-state index in [0.29, 0.717) is 34.0 Å². The van der Waals surface area contributed by atoms with Gasteiger partial charge in [-0.25, -0.2) is 19.6 Å². The first-order valence-corrected chi connectivity index (χ1v) is 12.4. The van der Waals surface area contributed by atoms with Crippen LogP contribution < -0.4 is 10.6 Å². The Labute approximate surface area is 230 Å². The van der Waals surface area contributed by atoms with Gasteiger partial charge in [0.1, 0.15) is 17.7 Å². The highest BCUT2D eigenvalue weighted by molar-refractivity contribution is 7.93. The van der Waals surface area contributed by atoms with Crippen molar-refractivity contribution in [2.45, 2.75) is 31.3 Å². The lowest BCUT2D eigenvalue weighted by Gasteiger charge is -2.12. The van der Waals surface area contributed by atoms with Crippen molar-refractivity contribution in [1.29, 1.82) is 5.41 Å². The molecule has 0 saturated heterocycles. The normalized spacial score (nSPS) is 13.1. The zero-order chi connectivity index (χ0) is 29.2. The van der Waals surface area contributed by atoms with Gasteiger partial charge in [-0.05, 0) is 61.4 Å². The third-order valence-electron chi connectivity index (χ3n) is 5.93. The predicted octanol–water partition coefficient (Wildman–Crippen LogP) is 7.14. The van der Waals surface area contributed by atoms with E-state index in [0.717, 1.165) is 34.7 Å². The lowest BCUT2D eigenvalue weighted by Crippen LogP contribution is -2.26. The summed E-state index contributed by atoms with van der Waals surface area (Å²) in [7, 11) is 0. The van der Waals surface area contributed by atoms with Crippen LogP contribution in [0.1, 0.15) is 30.2 Å². The summed E-state index contributed by atoms with van der Waals surface area (Å²) >= 11 is 0.574. The van der Waals surface area contributed by atoms with Crippen LogP contribution in [0.4, 0.5) is 27.6 Å². The van der Waals surface area contributed by atoms with Gasteiger partial charge in [0, 0.05) is 29.2 Å². The first kappa shape index (κ1) is 28.8. The minimum atomic E-state index is -5.09. The number of ether oxygens (including phenoxy) is 1. The molecule has 0 aliphatic heterocycles. The minimum absolute atomic E-state index is 0.0000204. The van der Waals surface area contributed by atoms with Crippen molar-refractivity contribution in [2.75, 3.05) is 0 Å². The molecule has 1 unspecified atom stereocenters. The zero-order valence-corrected chi connectivity index (χ0v) is 21.9. The highest BCUT2D eigenvalue weighted by atomic mass is 32.2. The third-order valence-corrected chi connectivity index (χ3v) is 6.39. The molecule has 1 atom stereocenters. The largest absolute Gasteiger partial charge is 0.573 e. The molecule has 0 fully saturated rings. The van der Waals surface area contributed by atoms with Crippen LogP contribution in [0.15, 0.2) is 71.8 Å². The van der Waals surface area contributed by atoms with Gasteiger partial charge < -0.3 is 14.7 Å². The van der Waals surface area contributed by atoms with E-state index in [9.17, 15) is 26.5 Å². The molecule has 0 saturated carbocycles. The molecule has 4 N–H and O–H groups in total. The summed E-state index contributed by atoms with van der Waals surface area (Å²) in [4.78, 5) is 4.84. The molecule has 1 aromatic heterocycles. The Hall–Kier alpha value is -4.23. The second kappa shape index (κ2) is 11.5. The molecule has 0 aliphatic rings. The number of benzene rings is 3. The Morgan fingerprint density at radius 3 is 2.48 bits per heavy atom. The maximum Gasteiger partial charge on any atom is 0.573 e. The van der Waals surface area contributed by atoms with Crippen molar-refractivity contribution in [3.05, 3.63) is 89.8 Å². The second-order valence-corrected chi connectivity index (χ2v) is 9.27. The van der Waals surface area contributed by atoms with Crippen LogP contribution >= 0.6 is 12.0 Å². The van der Waals surface area contributed by atoms with E-state index in [2.05, 4.69) is 9.72 Å². The SMILES string of the molecule is Cc1nc(C(C)F)cn1-c1ccc(-c2cccc(SO)c2)cc1[N+](N)=C(C=N)c1ccc(OC(F)(F)F)c(F)c1. The maximum atomic E-state index is 14.5. The van der Waals surface area contributed by atoms with Crippen LogP contribution in [-0.2, 0) is 0 Å². The summed E-state index contributed by atoms with van der Waals surface area (Å²) < 4.78 is 82.3. The molecule has 0 aliphatic carbocycles. The maximum absolute atomic E-state index is 14.5. The number of hydrogen-bond donors (Lipinski definition) is 3. The topological polar surface area (TPSA) is 100 Å². The lowest BCUT2D eigenvalue weighted by atomic mass is 10.0. The number of halogens is 5. The molecule has 0 radical (unpaired) electrons. The molecule has 208 valence electrons. The Kier molecular flexibility index (Phi) is 8.26. The van der Waals surface area contributed by atoms with Crippen LogP contribution in [0.3, 0.4) is 0 Å². The van der Waals surface area contributed by atoms with Crippen LogP contribution in [0.2, 0.25) is 0 Å². The van der Waals surface area contributed by atoms with Crippen LogP contribution in [0.5, 0.6) is 5.75 Å². The number of alkyl halides is 4. The fraction of sp³-hybridized carbons (Fsp3) is 0.148. The smallest absolute Gasteiger partial charge is 0.403 e. The molecule has 0 bridgehead atoms. The first-order chi connectivity index (χ1) is 18.9. The van der Waals surface area contributed by atoms with Crippen molar-refractivity contribution in [1.82, 2.24) is 9.55 Å². The highest BCUT2D eigenvalue weighted by Gasteiger charge is 2.33. The van der Waals surface area contributed by atoms with Gasteiger partial charge in [0.15, 0.2) is 11.6 Å². The number of imidazole rings is 1. The van der Waals surface area contributed by atoms with E-state index in [4.69, 9.17) is 11.3 Å². The molecular formula is C27H23F5N5O2S+. The Bertz CT molecular complexity index is 1600. The number of hydrazone groups is 1. The predicted molar refractivity (Wildman–Crippen MR) is 142 cm³/mol. The summed E-state index contributed by atoms with van der Waals surface area (Å²) in [5.41, 5.74) is 2.22. The molecule has 0 amide bonds. The van der Waals surface area contributed by atoms with Gasteiger partial charge in [-0.3, -0.25) is 4.57 Å². The van der Waals surface area contributed by atoms with E-state index in [1.807, 2.05) is 0 Å². The summed E-state index contributed by atoms with van der Waals surface area (Å²) in [5, 5.41) is 7.98. The van der Waals surface area contributed by atoms with Gasteiger partial charge >= 0.3 is 6.36 Å². The van der Waals surface area contributed by atoms with Crippen molar-refractivity contribution < 1.29 is 35.9 Å². The Morgan fingerprint density at radius 2 is 1.88 bits per heavy atom. The summed E-state index contributed by atoms with van der Waals surface area (Å²) in [6, 6.07) is 14.9. The number of nitrogens with two attached hydrogens (primary N) is 1. The number of hydrazine groups is 1. The average Bonchev–Trinajstić information content (AvgIpc) is 3.31. The Balaban J connectivity index is 1.93. The number of aromatic nitrogens is 2. The summed E-state index contributed by atoms with van der Waals surface area (Å²) in [6.07, 6.45) is -4.10. The molecule has 1 heterocycles. The average molecular weight is 577 g/mol. The molecule has 13 heteroatoms. The number of aryl methyl sites for hydroxylation is 1. The van der Waals surface area contributed by atoms with Crippen molar-refractivity contribution in [2.24, 2.45) is 5.84 Å². The first-order valence-electron chi connectivity index (χ1n) is 11.7. The molecular weight excluding hydrogens is 553 g/mol. The molecule has 4 rings (SSSR count). The van der Waals surface area contributed by atoms with Crippen molar-refractivity contribution >= 4 is 29.7 Å². The van der Waals surface area contributed by atoms with Gasteiger partial charge in [-0.15, -0.1) is 13.2 Å². The fourth-order valence-electron chi connectivity index (χ4n) is 4.05. The quantitative estimate of drug-likeness (QED) is 0.0517. The monoisotopic (exact) mass is 576 g/mol. The molecule has 0 spiro atoms. The Morgan fingerprint density at radius 1 is 1.15 bits per heavy atom. The molecule has 4 aromatic rings. The van der Waals surface area contributed by atoms with Crippen LogP contribution in [0.25, 0.3) is 16.8 Å². The number of nitrogens with one attached hydrogen (secondary N) is 1. The third kappa shape index (κ3) is 6.15. The van der Waals surface area contributed by atoms with E-state index in [1.165, 1.54) is 13.1 Å². The second-order valence-electron chi connectivity index (χ2n) is 8.61. The van der Waals surface area contributed by atoms with Gasteiger partial charge in [-0.2, -0.15) is 0 Å². The van der Waals surface area contributed by atoms with Crippen molar-refractivity contribution in [3.63, 3.8) is 0 Å². The summed E-state index contributed by atoms with van der Waals surface area (Å²) in [6.45, 7) is 3.02. The number of hydrogen-bond acceptors (Lipinski definition) is 6. The number of rotatable bonds is 8. The van der Waals surface area contributed by atoms with Crippen LogP contribution in [0, 0.1) is 18.2 Å². The number of nitrogens with zero attached hydrogens (tertiary/aromatic N) is 3. The molecule has 40 heavy (non-hydrogen) atoms. The van der Waals surface area contributed by atoms with Gasteiger partial charge in [0.25, 0.3) is 11.4 Å². The van der Waals surface area contributed by atoms with Crippen LogP contribution in [-0.4, -0.2) is 37.1 Å². The van der Waals surface area contributed by atoms with E-state index in [-0.39, 0.29) is 22.7 Å². The van der Waals surface area contributed by atoms with Gasteiger partial charge in [0.05, 0.1) is 17.5 Å². The van der Waals surface area contributed by atoms with E-state index < -0.39 is 24.1 Å². The lowest BCUT2D eigenvalue weighted by molar-refractivity contribution is -0.449. The fourth-order valence-corrected chi connectivity index (χ4v) is 4.37. The van der Waals surface area contributed by atoms with Gasteiger partial charge in [-0.1, -0.05) is 22.9 Å². The zero-order valence-electron chi connectivity index (χ0n) is 21.1. The van der Waals surface area contributed by atoms with E-state index in [1.54, 1.807) is 54.0 Å². The highest BCUT2D eigenvalue weighted by Crippen LogP contribution is 2.33. The molecule has 7 nitrogen and oxygen atoms in total. The standard InChI is InChI=1S/C27H22F5N5O2S/c1-15(28)22-14-36(16(2)35-22)23-8-6-18(17-4-3-5-20(10-17)40-38)12-24(23)37(34)25(13-33)19-7-9-26(21(29)11-19)39-27(30,31)32/h3-15,33H,34H2,1-2H3/p+1. The summed E-state index contributed by atoms with van der Waals surface area (Å²) in [5.74, 6) is 4.59. The van der Waals surface area contributed by atoms with E-state index >= 15 is 0 Å². The van der Waals surface area contributed by atoms with Crippen molar-refractivity contribution in [3.8, 4) is 22.6 Å². The van der Waals surface area contributed by atoms with Gasteiger partial charge in [0.2, 0.25) is 0 Å². The molecule has 3 aromatic carbocycles.